The van der Waals surface area contributed by atoms with E-state index in [1.807, 2.05) is 0 Å². The van der Waals surface area contributed by atoms with E-state index in [9.17, 15) is 4.79 Å². The lowest BCUT2D eigenvalue weighted by Crippen LogP contribution is -2.53. The van der Waals surface area contributed by atoms with Crippen molar-refractivity contribution in [1.29, 1.82) is 0 Å². The molecule has 3 aliphatic carbocycles. The van der Waals surface area contributed by atoms with Crippen LogP contribution in [0.4, 0.5) is 0 Å². The van der Waals surface area contributed by atoms with Gasteiger partial charge >= 0.3 is 5.97 Å². The second-order valence-corrected chi connectivity index (χ2v) is 14.0. The summed E-state index contributed by atoms with van der Waals surface area (Å²) in [4.78, 5) is 13.5. The first-order valence-electron chi connectivity index (χ1n) is 16.9. The van der Waals surface area contributed by atoms with Crippen molar-refractivity contribution >= 4 is 5.97 Å². The van der Waals surface area contributed by atoms with Crippen molar-refractivity contribution in [3.63, 3.8) is 0 Å². The highest BCUT2D eigenvalue weighted by Gasteiger charge is 2.57. The van der Waals surface area contributed by atoms with Crippen LogP contribution in [0.3, 0.4) is 0 Å². The number of hydrogen-bond acceptors (Lipinski definition) is 2. The van der Waals surface area contributed by atoms with E-state index in [2.05, 4.69) is 46.8 Å². The Hall–Kier alpha value is -1.05. The van der Waals surface area contributed by atoms with Crippen molar-refractivity contribution in [2.75, 3.05) is 6.61 Å². The quantitative estimate of drug-likeness (QED) is 0.139. The summed E-state index contributed by atoms with van der Waals surface area (Å²) in [7, 11) is 0. The van der Waals surface area contributed by atoms with Gasteiger partial charge in [0.2, 0.25) is 0 Å². The number of allylic oxidation sites excluding steroid dienone is 4. The molecular formula is C36H62O2. The van der Waals surface area contributed by atoms with Gasteiger partial charge in [-0.25, -0.2) is 0 Å². The molecule has 1 unspecified atom stereocenters. The smallest absolute Gasteiger partial charge is 0.312 e. The molecule has 0 heterocycles. The number of hydrogen-bond donors (Lipinski definition) is 0. The van der Waals surface area contributed by atoms with Gasteiger partial charge in [0.15, 0.2) is 0 Å². The molecule has 0 aromatic carbocycles. The Bertz CT molecular complexity index is 776. The lowest BCUT2D eigenvalue weighted by atomic mass is 9.47. The van der Waals surface area contributed by atoms with Gasteiger partial charge in [-0.05, 0) is 74.2 Å². The van der Waals surface area contributed by atoms with E-state index in [1.54, 1.807) is 11.1 Å². The third kappa shape index (κ3) is 8.23. The highest BCUT2D eigenvalue weighted by atomic mass is 16.5. The predicted octanol–water partition coefficient (Wildman–Crippen LogP) is 11.1. The standard InChI is InChI=1S/C36H62O2/c1-6-7-8-9-10-11-12-13-14-15-16-17-18-19-27-38-34(37)36(5)26-20-25-35(4)32-23-21-30(29(2)3)28-31(32)22-24-33(35)36/h22,28-29,32-33H,6-21,23-27H2,1-5H3/t32-,33?,35+,36+/m0/s1. The normalized spacial score (nSPS) is 28.9. The van der Waals surface area contributed by atoms with Crippen molar-refractivity contribution in [2.45, 2.75) is 163 Å². The molecule has 3 rings (SSSR count). The maximum Gasteiger partial charge on any atom is 0.312 e. The molecule has 0 aliphatic heterocycles. The third-order valence-corrected chi connectivity index (χ3v) is 10.8. The Balaban J connectivity index is 1.33. The molecule has 2 heteroatoms. The summed E-state index contributed by atoms with van der Waals surface area (Å²) in [6.07, 6.45) is 30.9. The summed E-state index contributed by atoms with van der Waals surface area (Å²) < 4.78 is 6.00. The van der Waals surface area contributed by atoms with Crippen LogP contribution in [0, 0.1) is 28.6 Å². The largest absolute Gasteiger partial charge is 0.465 e. The Kier molecular flexibility index (Phi) is 13.0. The van der Waals surface area contributed by atoms with Crippen molar-refractivity contribution in [1.82, 2.24) is 0 Å². The highest BCUT2D eigenvalue weighted by molar-refractivity contribution is 5.77. The summed E-state index contributed by atoms with van der Waals surface area (Å²) in [6.45, 7) is 12.3. The Morgan fingerprint density at radius 3 is 2.05 bits per heavy atom. The summed E-state index contributed by atoms with van der Waals surface area (Å²) in [5.41, 5.74) is 3.08. The van der Waals surface area contributed by atoms with E-state index in [-0.39, 0.29) is 16.8 Å². The molecule has 3 aliphatic rings. The van der Waals surface area contributed by atoms with Gasteiger partial charge in [-0.1, -0.05) is 135 Å². The van der Waals surface area contributed by atoms with Gasteiger partial charge in [-0.3, -0.25) is 4.79 Å². The molecule has 0 spiro atoms. The number of ether oxygens (including phenoxy) is 1. The van der Waals surface area contributed by atoms with Crippen LogP contribution in [0.25, 0.3) is 0 Å². The Morgan fingerprint density at radius 2 is 1.47 bits per heavy atom. The number of carbonyl (C=O) groups is 1. The first-order valence-corrected chi connectivity index (χ1v) is 16.9. The van der Waals surface area contributed by atoms with Crippen LogP contribution in [-0.2, 0) is 9.53 Å². The van der Waals surface area contributed by atoms with Crippen molar-refractivity contribution in [3.8, 4) is 0 Å². The fourth-order valence-corrected chi connectivity index (χ4v) is 8.22. The fourth-order valence-electron chi connectivity index (χ4n) is 8.22. The molecule has 0 bridgehead atoms. The van der Waals surface area contributed by atoms with E-state index in [0.717, 1.165) is 25.7 Å². The summed E-state index contributed by atoms with van der Waals surface area (Å²) in [5, 5.41) is 0. The maximum absolute atomic E-state index is 13.5. The molecule has 4 atom stereocenters. The topological polar surface area (TPSA) is 26.3 Å². The van der Waals surface area contributed by atoms with E-state index >= 15 is 0 Å². The molecule has 0 saturated heterocycles. The molecule has 0 aromatic rings. The molecular weight excluding hydrogens is 464 g/mol. The van der Waals surface area contributed by atoms with E-state index in [1.165, 1.54) is 103 Å². The van der Waals surface area contributed by atoms with Gasteiger partial charge in [0, 0.05) is 0 Å². The van der Waals surface area contributed by atoms with Gasteiger partial charge < -0.3 is 4.74 Å². The van der Waals surface area contributed by atoms with Gasteiger partial charge in [0.1, 0.15) is 0 Å². The molecule has 218 valence electrons. The molecule has 2 nitrogen and oxygen atoms in total. The summed E-state index contributed by atoms with van der Waals surface area (Å²) >= 11 is 0. The molecule has 1 fully saturated rings. The van der Waals surface area contributed by atoms with Crippen molar-refractivity contribution in [3.05, 3.63) is 23.3 Å². The first kappa shape index (κ1) is 31.5. The van der Waals surface area contributed by atoms with Crippen LogP contribution in [0.5, 0.6) is 0 Å². The van der Waals surface area contributed by atoms with Crippen LogP contribution in [0.2, 0.25) is 0 Å². The Morgan fingerprint density at radius 1 is 0.895 bits per heavy atom. The zero-order valence-corrected chi connectivity index (χ0v) is 26.1. The van der Waals surface area contributed by atoms with Crippen LogP contribution >= 0.6 is 0 Å². The monoisotopic (exact) mass is 526 g/mol. The van der Waals surface area contributed by atoms with Crippen LogP contribution in [-0.4, -0.2) is 12.6 Å². The molecule has 1 saturated carbocycles. The fraction of sp³-hybridized carbons (Fsp3) is 0.861. The Labute approximate surface area is 236 Å². The minimum absolute atomic E-state index is 0.0918. The third-order valence-electron chi connectivity index (χ3n) is 10.8. The lowest BCUT2D eigenvalue weighted by molar-refractivity contribution is -0.169. The summed E-state index contributed by atoms with van der Waals surface area (Å²) in [5.74, 6) is 1.76. The van der Waals surface area contributed by atoms with Crippen molar-refractivity contribution < 1.29 is 9.53 Å². The molecule has 0 amide bonds. The van der Waals surface area contributed by atoms with Crippen molar-refractivity contribution in [2.24, 2.45) is 28.6 Å². The number of fused-ring (bicyclic) bond motifs is 3. The average molecular weight is 527 g/mol. The number of carbonyl (C=O) groups excluding carboxylic acids is 1. The second kappa shape index (κ2) is 15.7. The highest BCUT2D eigenvalue weighted by Crippen LogP contribution is 2.62. The van der Waals surface area contributed by atoms with Gasteiger partial charge in [0.05, 0.1) is 12.0 Å². The van der Waals surface area contributed by atoms with Crippen LogP contribution < -0.4 is 0 Å². The van der Waals surface area contributed by atoms with Gasteiger partial charge in [-0.2, -0.15) is 0 Å². The molecule has 0 aromatic heterocycles. The van der Waals surface area contributed by atoms with Gasteiger partial charge in [-0.15, -0.1) is 0 Å². The SMILES string of the molecule is CCCCCCCCCCCCCCCCOC(=O)[C@]1(C)CCC[C@@]2(C)C1CC=C1C=C(C(C)C)CC[C@@H]12. The van der Waals surface area contributed by atoms with Gasteiger partial charge in [0.25, 0.3) is 0 Å². The minimum Gasteiger partial charge on any atom is -0.465 e. The summed E-state index contributed by atoms with van der Waals surface area (Å²) in [6, 6.07) is 0. The second-order valence-electron chi connectivity index (χ2n) is 14.0. The zero-order chi connectivity index (χ0) is 27.4. The molecule has 0 radical (unpaired) electrons. The lowest BCUT2D eigenvalue weighted by Gasteiger charge is -2.57. The van der Waals surface area contributed by atoms with E-state index in [0.29, 0.717) is 24.4 Å². The van der Waals surface area contributed by atoms with Crippen LogP contribution in [0.15, 0.2) is 23.3 Å². The molecule has 38 heavy (non-hydrogen) atoms. The van der Waals surface area contributed by atoms with Crippen LogP contribution in [0.1, 0.15) is 163 Å². The molecule has 0 N–H and O–H groups in total. The number of unbranched alkanes of at least 4 members (excludes halogenated alkanes) is 13. The first-order chi connectivity index (χ1) is 18.3. The van der Waals surface area contributed by atoms with E-state index < -0.39 is 0 Å². The number of esters is 1. The zero-order valence-electron chi connectivity index (χ0n) is 26.1. The predicted molar refractivity (Wildman–Crippen MR) is 163 cm³/mol. The number of rotatable bonds is 17. The average Bonchev–Trinajstić information content (AvgIpc) is 2.90. The maximum atomic E-state index is 13.5. The van der Waals surface area contributed by atoms with E-state index in [4.69, 9.17) is 4.74 Å². The minimum atomic E-state index is -0.326.